The fourth-order valence-electron chi connectivity index (χ4n) is 5.85. The van der Waals surface area contributed by atoms with Crippen molar-refractivity contribution in [3.05, 3.63) is 71.3 Å². The predicted molar refractivity (Wildman–Crippen MR) is 154 cm³/mol. The van der Waals surface area contributed by atoms with Crippen molar-refractivity contribution < 1.29 is 14.9 Å². The number of allylic oxidation sites excluding steroid dienone is 1. The van der Waals surface area contributed by atoms with Gasteiger partial charge in [-0.1, -0.05) is 6.08 Å². The van der Waals surface area contributed by atoms with Crippen molar-refractivity contribution in [1.82, 2.24) is 29.2 Å². The Morgan fingerprint density at radius 2 is 1.85 bits per heavy atom. The minimum absolute atomic E-state index is 0.204. The molecule has 1 atom stereocenters. The molecule has 1 unspecified atom stereocenters. The third-order valence-corrected chi connectivity index (χ3v) is 8.41. The number of aromatic nitrogens is 5. The van der Waals surface area contributed by atoms with E-state index in [1.807, 2.05) is 12.1 Å². The van der Waals surface area contributed by atoms with E-state index in [2.05, 4.69) is 45.9 Å². The van der Waals surface area contributed by atoms with Crippen molar-refractivity contribution >= 4 is 28.4 Å². The van der Waals surface area contributed by atoms with Gasteiger partial charge in [0.25, 0.3) is 5.56 Å². The summed E-state index contributed by atoms with van der Waals surface area (Å²) in [4.78, 5) is 31.9. The second-order valence-electron chi connectivity index (χ2n) is 11.0. The van der Waals surface area contributed by atoms with Crippen LogP contribution in [0, 0.1) is 0 Å². The molecule has 0 amide bonds. The SMILES string of the molecule is C=CCn1c(=O)c2cnc(Nc3ccc(N4CCN(C)CC4)cc3)nc2n1-c1ccc2c(n1)C(O)(CO)C1(CC1)O2. The molecular weight excluding hydrogens is 524 g/mol. The van der Waals surface area contributed by atoms with E-state index in [9.17, 15) is 15.0 Å². The van der Waals surface area contributed by atoms with Crippen LogP contribution in [0.4, 0.5) is 17.3 Å². The summed E-state index contributed by atoms with van der Waals surface area (Å²) in [5.74, 6) is 1.10. The Balaban J connectivity index is 1.25. The number of benzene rings is 1. The normalized spacial score (nSPS) is 21.2. The molecule has 2 aliphatic heterocycles. The minimum Gasteiger partial charge on any atom is -0.482 e. The van der Waals surface area contributed by atoms with Gasteiger partial charge in [-0.3, -0.25) is 4.79 Å². The average Bonchev–Trinajstić information content (AvgIpc) is 3.67. The third-order valence-electron chi connectivity index (χ3n) is 8.41. The number of ether oxygens (including phenoxy) is 1. The van der Waals surface area contributed by atoms with Gasteiger partial charge >= 0.3 is 0 Å². The van der Waals surface area contributed by atoms with Crippen LogP contribution >= 0.6 is 0 Å². The van der Waals surface area contributed by atoms with Crippen molar-refractivity contribution in [3.8, 4) is 11.6 Å². The number of anilines is 3. The first-order valence-corrected chi connectivity index (χ1v) is 13.8. The molecule has 12 heteroatoms. The molecule has 1 aromatic carbocycles. The van der Waals surface area contributed by atoms with Gasteiger partial charge in [-0.25, -0.2) is 19.3 Å². The van der Waals surface area contributed by atoms with Crippen LogP contribution in [-0.2, 0) is 12.1 Å². The van der Waals surface area contributed by atoms with Crippen LogP contribution < -0.4 is 20.5 Å². The summed E-state index contributed by atoms with van der Waals surface area (Å²) in [6, 6.07) is 11.6. The van der Waals surface area contributed by atoms with E-state index in [0.717, 1.165) is 37.6 Å². The molecule has 3 N–H and O–H groups in total. The number of aliphatic hydroxyl groups excluding tert-OH is 1. The minimum atomic E-state index is -1.62. The summed E-state index contributed by atoms with van der Waals surface area (Å²) >= 11 is 0. The van der Waals surface area contributed by atoms with Gasteiger partial charge in [0.2, 0.25) is 5.95 Å². The maximum Gasteiger partial charge on any atom is 0.278 e. The highest BCUT2D eigenvalue weighted by Gasteiger charge is 2.68. The fourth-order valence-corrected chi connectivity index (χ4v) is 5.85. The van der Waals surface area contributed by atoms with Gasteiger partial charge in [0, 0.05) is 43.8 Å². The number of nitrogens with one attached hydrogen (secondary N) is 1. The lowest BCUT2D eigenvalue weighted by molar-refractivity contribution is -0.0929. The lowest BCUT2D eigenvalue weighted by atomic mass is 9.93. The van der Waals surface area contributed by atoms with Crippen molar-refractivity contribution in [2.45, 2.75) is 30.6 Å². The molecule has 3 aromatic heterocycles. The molecule has 2 fully saturated rings. The predicted octanol–water partition coefficient (Wildman–Crippen LogP) is 1.76. The standard InChI is InChI=1S/C29H32N8O4/c1-3-12-36-26(39)21-17-30-27(31-19-4-6-20(7-5-19)35-15-13-34(2)14-16-35)33-25(21)37(36)23-9-8-22-24(32-23)29(40,18-38)28(41-22)10-11-28/h3-9,17,38,40H,1,10-16,18H2,2H3,(H,30,31,33). The van der Waals surface area contributed by atoms with Gasteiger partial charge in [-0.05, 0) is 56.3 Å². The van der Waals surface area contributed by atoms with Crippen LogP contribution in [0.15, 0.2) is 60.0 Å². The number of fused-ring (bicyclic) bond motifs is 2. The van der Waals surface area contributed by atoms with Crippen LogP contribution in [0.5, 0.6) is 5.75 Å². The maximum atomic E-state index is 13.4. The molecule has 5 heterocycles. The highest BCUT2D eigenvalue weighted by molar-refractivity contribution is 5.77. The van der Waals surface area contributed by atoms with Crippen molar-refractivity contribution in [2.24, 2.45) is 0 Å². The van der Waals surface area contributed by atoms with E-state index in [0.29, 0.717) is 41.4 Å². The van der Waals surface area contributed by atoms with E-state index >= 15 is 0 Å². The molecule has 1 saturated heterocycles. The summed E-state index contributed by atoms with van der Waals surface area (Å²) in [5, 5.41) is 25.0. The monoisotopic (exact) mass is 556 g/mol. The molecule has 12 nitrogen and oxygen atoms in total. The zero-order valence-electron chi connectivity index (χ0n) is 22.8. The Hall–Kier alpha value is -4.26. The van der Waals surface area contributed by atoms with Crippen LogP contribution in [0.3, 0.4) is 0 Å². The molecule has 1 saturated carbocycles. The second kappa shape index (κ2) is 9.40. The van der Waals surface area contributed by atoms with Crippen molar-refractivity contribution in [2.75, 3.05) is 50.1 Å². The Morgan fingerprint density at radius 3 is 2.54 bits per heavy atom. The number of pyridine rings is 1. The van der Waals surface area contributed by atoms with Crippen LogP contribution in [0.2, 0.25) is 0 Å². The molecule has 3 aliphatic rings. The van der Waals surface area contributed by atoms with Gasteiger partial charge in [0.15, 0.2) is 17.1 Å². The van der Waals surface area contributed by atoms with Gasteiger partial charge < -0.3 is 30.1 Å². The number of aliphatic hydroxyl groups is 2. The molecule has 1 aliphatic carbocycles. The first kappa shape index (κ1) is 25.7. The van der Waals surface area contributed by atoms with Crippen molar-refractivity contribution in [1.29, 1.82) is 0 Å². The Bertz CT molecular complexity index is 1700. The van der Waals surface area contributed by atoms with E-state index in [-0.39, 0.29) is 17.8 Å². The van der Waals surface area contributed by atoms with E-state index in [1.54, 1.807) is 22.9 Å². The number of piperazine rings is 1. The lowest BCUT2D eigenvalue weighted by Gasteiger charge is -2.34. The first-order chi connectivity index (χ1) is 19.9. The largest absolute Gasteiger partial charge is 0.482 e. The Labute approximate surface area is 236 Å². The number of hydrogen-bond acceptors (Lipinski definition) is 10. The van der Waals surface area contributed by atoms with Gasteiger partial charge in [-0.15, -0.1) is 6.58 Å². The molecule has 1 spiro atoms. The lowest BCUT2D eigenvalue weighted by Crippen LogP contribution is -2.44. The van der Waals surface area contributed by atoms with Gasteiger partial charge in [0.1, 0.15) is 22.4 Å². The summed E-state index contributed by atoms with van der Waals surface area (Å²) < 4.78 is 9.07. The highest BCUT2D eigenvalue weighted by Crippen LogP contribution is 2.59. The molecule has 4 aromatic rings. The van der Waals surface area contributed by atoms with E-state index in [4.69, 9.17) is 14.7 Å². The quantitative estimate of drug-likeness (QED) is 0.289. The molecule has 212 valence electrons. The van der Waals surface area contributed by atoms with Crippen LogP contribution in [0.25, 0.3) is 16.9 Å². The fraction of sp³-hybridized carbons (Fsp3) is 0.379. The topological polar surface area (TPSA) is 134 Å². The smallest absolute Gasteiger partial charge is 0.278 e. The van der Waals surface area contributed by atoms with Crippen molar-refractivity contribution in [3.63, 3.8) is 0 Å². The Morgan fingerprint density at radius 1 is 1.10 bits per heavy atom. The maximum absolute atomic E-state index is 13.4. The number of rotatable bonds is 7. The van der Waals surface area contributed by atoms with E-state index in [1.165, 1.54) is 10.9 Å². The molecular formula is C29H32N8O4. The number of hydrogen-bond donors (Lipinski definition) is 3. The number of likely N-dealkylation sites (N-methyl/N-ethyl adjacent to an activating group) is 1. The van der Waals surface area contributed by atoms with Gasteiger partial charge in [0.05, 0.1) is 13.2 Å². The van der Waals surface area contributed by atoms with E-state index < -0.39 is 17.8 Å². The summed E-state index contributed by atoms with van der Waals surface area (Å²) in [7, 11) is 2.14. The average molecular weight is 557 g/mol. The summed E-state index contributed by atoms with van der Waals surface area (Å²) in [6.45, 7) is 7.53. The molecule has 41 heavy (non-hydrogen) atoms. The molecule has 7 rings (SSSR count). The molecule has 0 radical (unpaired) electrons. The van der Waals surface area contributed by atoms with Crippen LogP contribution in [0.1, 0.15) is 18.5 Å². The van der Waals surface area contributed by atoms with Crippen LogP contribution in [-0.4, -0.2) is 84.9 Å². The zero-order valence-corrected chi connectivity index (χ0v) is 22.8. The first-order valence-electron chi connectivity index (χ1n) is 13.8. The second-order valence-corrected chi connectivity index (χ2v) is 11.0. The Kier molecular flexibility index (Phi) is 5.89. The van der Waals surface area contributed by atoms with Gasteiger partial charge in [-0.2, -0.15) is 4.98 Å². The third kappa shape index (κ3) is 4.01. The number of nitrogens with zero attached hydrogens (tertiary/aromatic N) is 7. The molecule has 0 bridgehead atoms. The highest BCUT2D eigenvalue weighted by atomic mass is 16.5. The summed E-state index contributed by atoms with van der Waals surface area (Å²) in [5.41, 5.74) is -0.185. The summed E-state index contributed by atoms with van der Waals surface area (Å²) in [6.07, 6.45) is 4.37. The zero-order chi connectivity index (χ0) is 28.4.